The van der Waals surface area contributed by atoms with E-state index < -0.39 is 17.7 Å². The monoisotopic (exact) mass is 299 g/mol. The summed E-state index contributed by atoms with van der Waals surface area (Å²) in [5.74, 6) is -1.76. The lowest BCUT2D eigenvalue weighted by Crippen LogP contribution is -2.24. The lowest BCUT2D eigenvalue weighted by Gasteiger charge is -2.21. The largest absolute Gasteiger partial charge is 0.308 e. The summed E-state index contributed by atoms with van der Waals surface area (Å²) in [5.41, 5.74) is 0.825. The zero-order chi connectivity index (χ0) is 14.9. The van der Waals surface area contributed by atoms with E-state index in [9.17, 15) is 8.78 Å². The summed E-state index contributed by atoms with van der Waals surface area (Å²) in [6, 6.07) is 3.59. The molecule has 108 valence electrons. The molecule has 0 bridgehead atoms. The van der Waals surface area contributed by atoms with E-state index in [-0.39, 0.29) is 11.6 Å². The Bertz CT molecular complexity index is 610. The molecular formula is C14H16ClF2N3. The standard InChI is InChI=1S/C14H16ClF2N3/c1-8(2)20-14(10(15)7-19-20)13(18-3)9-5-4-6-11(16)12(9)17/h4-8,13,18H,1-3H3. The summed E-state index contributed by atoms with van der Waals surface area (Å²) in [4.78, 5) is 0. The van der Waals surface area contributed by atoms with Crippen LogP contribution in [-0.4, -0.2) is 16.8 Å². The van der Waals surface area contributed by atoms with Crippen molar-refractivity contribution in [3.8, 4) is 0 Å². The van der Waals surface area contributed by atoms with Crippen molar-refractivity contribution in [1.82, 2.24) is 15.1 Å². The molecular weight excluding hydrogens is 284 g/mol. The molecule has 2 rings (SSSR count). The molecule has 1 N–H and O–H groups in total. The zero-order valence-corrected chi connectivity index (χ0v) is 12.2. The van der Waals surface area contributed by atoms with Crippen molar-refractivity contribution in [3.05, 3.63) is 52.3 Å². The topological polar surface area (TPSA) is 29.9 Å². The maximum Gasteiger partial charge on any atom is 0.163 e. The first-order valence-corrected chi connectivity index (χ1v) is 6.69. The van der Waals surface area contributed by atoms with Gasteiger partial charge in [-0.05, 0) is 27.0 Å². The van der Waals surface area contributed by atoms with Gasteiger partial charge in [-0.3, -0.25) is 4.68 Å². The molecule has 20 heavy (non-hydrogen) atoms. The summed E-state index contributed by atoms with van der Waals surface area (Å²) >= 11 is 6.17. The molecule has 1 aromatic heterocycles. The van der Waals surface area contributed by atoms with E-state index in [2.05, 4.69) is 10.4 Å². The van der Waals surface area contributed by atoms with Crippen LogP contribution in [0.25, 0.3) is 0 Å². The number of rotatable bonds is 4. The van der Waals surface area contributed by atoms with Crippen molar-refractivity contribution in [3.63, 3.8) is 0 Å². The molecule has 0 radical (unpaired) electrons. The van der Waals surface area contributed by atoms with E-state index in [1.807, 2.05) is 13.8 Å². The summed E-state index contributed by atoms with van der Waals surface area (Å²) in [5, 5.41) is 7.58. The normalized spacial score (nSPS) is 12.9. The first-order chi connectivity index (χ1) is 9.47. The van der Waals surface area contributed by atoms with Gasteiger partial charge in [0.25, 0.3) is 0 Å². The average molecular weight is 300 g/mol. The van der Waals surface area contributed by atoms with Crippen molar-refractivity contribution in [1.29, 1.82) is 0 Å². The minimum Gasteiger partial charge on any atom is -0.308 e. The quantitative estimate of drug-likeness (QED) is 0.933. The van der Waals surface area contributed by atoms with Crippen LogP contribution in [0.15, 0.2) is 24.4 Å². The van der Waals surface area contributed by atoms with Crippen LogP contribution in [0.3, 0.4) is 0 Å². The molecule has 3 nitrogen and oxygen atoms in total. The van der Waals surface area contributed by atoms with Gasteiger partial charge in [0.05, 0.1) is 23.0 Å². The van der Waals surface area contributed by atoms with E-state index in [0.717, 1.165) is 6.07 Å². The third-order valence-electron chi connectivity index (χ3n) is 3.13. The number of hydrogen-bond acceptors (Lipinski definition) is 2. The highest BCUT2D eigenvalue weighted by molar-refractivity contribution is 6.31. The first kappa shape index (κ1) is 14.9. The summed E-state index contributed by atoms with van der Waals surface area (Å²) < 4.78 is 29.1. The number of nitrogens with zero attached hydrogens (tertiary/aromatic N) is 2. The fourth-order valence-corrected chi connectivity index (χ4v) is 2.45. The van der Waals surface area contributed by atoms with E-state index in [1.54, 1.807) is 11.7 Å². The zero-order valence-electron chi connectivity index (χ0n) is 11.5. The van der Waals surface area contributed by atoms with Crippen molar-refractivity contribution >= 4 is 11.6 Å². The van der Waals surface area contributed by atoms with Gasteiger partial charge in [-0.2, -0.15) is 5.10 Å². The molecule has 1 heterocycles. The molecule has 0 spiro atoms. The third kappa shape index (κ3) is 2.55. The Morgan fingerprint density at radius 1 is 1.30 bits per heavy atom. The molecule has 0 fully saturated rings. The second kappa shape index (κ2) is 5.89. The minimum absolute atomic E-state index is 0.0602. The molecule has 0 saturated heterocycles. The van der Waals surface area contributed by atoms with Gasteiger partial charge >= 0.3 is 0 Å². The van der Waals surface area contributed by atoms with Crippen LogP contribution in [-0.2, 0) is 0 Å². The van der Waals surface area contributed by atoms with Gasteiger partial charge in [0.15, 0.2) is 11.6 Å². The Labute approximate surface area is 121 Å². The van der Waals surface area contributed by atoms with Gasteiger partial charge in [-0.25, -0.2) is 8.78 Å². The first-order valence-electron chi connectivity index (χ1n) is 6.31. The van der Waals surface area contributed by atoms with Crippen LogP contribution in [0.1, 0.15) is 37.2 Å². The second-order valence-electron chi connectivity index (χ2n) is 4.78. The van der Waals surface area contributed by atoms with Gasteiger partial charge in [-0.1, -0.05) is 23.7 Å². The Morgan fingerprint density at radius 2 is 2.00 bits per heavy atom. The fraction of sp³-hybridized carbons (Fsp3) is 0.357. The minimum atomic E-state index is -0.880. The molecule has 0 aliphatic rings. The number of benzene rings is 1. The van der Waals surface area contributed by atoms with Crippen LogP contribution in [0, 0.1) is 11.6 Å². The predicted molar refractivity (Wildman–Crippen MR) is 74.9 cm³/mol. The van der Waals surface area contributed by atoms with Crippen molar-refractivity contribution in [2.75, 3.05) is 7.05 Å². The Morgan fingerprint density at radius 3 is 2.60 bits per heavy atom. The molecule has 1 atom stereocenters. The van der Waals surface area contributed by atoms with E-state index in [1.165, 1.54) is 18.3 Å². The lowest BCUT2D eigenvalue weighted by molar-refractivity contribution is 0.459. The van der Waals surface area contributed by atoms with E-state index in [4.69, 9.17) is 11.6 Å². The molecule has 1 unspecified atom stereocenters. The van der Waals surface area contributed by atoms with E-state index in [0.29, 0.717) is 10.7 Å². The maximum atomic E-state index is 14.0. The Hall–Kier alpha value is -1.46. The molecule has 1 aromatic carbocycles. The highest BCUT2D eigenvalue weighted by atomic mass is 35.5. The van der Waals surface area contributed by atoms with Gasteiger partial charge in [0.2, 0.25) is 0 Å². The summed E-state index contributed by atoms with van der Waals surface area (Å²) in [6.45, 7) is 3.89. The summed E-state index contributed by atoms with van der Waals surface area (Å²) in [7, 11) is 1.67. The van der Waals surface area contributed by atoms with Crippen LogP contribution in [0.2, 0.25) is 5.02 Å². The van der Waals surface area contributed by atoms with Gasteiger partial charge in [-0.15, -0.1) is 0 Å². The van der Waals surface area contributed by atoms with E-state index >= 15 is 0 Å². The van der Waals surface area contributed by atoms with Crippen LogP contribution < -0.4 is 5.32 Å². The SMILES string of the molecule is CNC(c1cccc(F)c1F)c1c(Cl)cnn1C(C)C. The maximum absolute atomic E-state index is 14.0. The highest BCUT2D eigenvalue weighted by Gasteiger charge is 2.25. The molecule has 0 saturated carbocycles. The van der Waals surface area contributed by atoms with Crippen LogP contribution in [0.5, 0.6) is 0 Å². The van der Waals surface area contributed by atoms with Crippen LogP contribution in [0.4, 0.5) is 8.78 Å². The predicted octanol–water partition coefficient (Wildman–Crippen LogP) is 3.70. The molecule has 0 amide bonds. The second-order valence-corrected chi connectivity index (χ2v) is 5.19. The van der Waals surface area contributed by atoms with Crippen LogP contribution >= 0.6 is 11.6 Å². The number of hydrogen-bond donors (Lipinski definition) is 1. The number of nitrogens with one attached hydrogen (secondary N) is 1. The molecule has 0 aliphatic carbocycles. The fourth-order valence-electron chi connectivity index (χ4n) is 2.22. The average Bonchev–Trinajstić information content (AvgIpc) is 2.78. The van der Waals surface area contributed by atoms with Crippen molar-refractivity contribution < 1.29 is 8.78 Å². The Balaban J connectivity index is 2.58. The van der Waals surface area contributed by atoms with Crippen molar-refractivity contribution in [2.24, 2.45) is 0 Å². The highest BCUT2D eigenvalue weighted by Crippen LogP contribution is 2.31. The lowest BCUT2D eigenvalue weighted by atomic mass is 10.0. The number of aromatic nitrogens is 2. The Kier molecular flexibility index (Phi) is 4.40. The van der Waals surface area contributed by atoms with Crippen molar-refractivity contribution in [2.45, 2.75) is 25.9 Å². The van der Waals surface area contributed by atoms with Gasteiger partial charge < -0.3 is 5.32 Å². The van der Waals surface area contributed by atoms with Gasteiger partial charge in [0.1, 0.15) is 0 Å². The molecule has 0 aliphatic heterocycles. The molecule has 2 aromatic rings. The molecule has 6 heteroatoms. The van der Waals surface area contributed by atoms with Gasteiger partial charge in [0, 0.05) is 11.6 Å². The summed E-state index contributed by atoms with van der Waals surface area (Å²) in [6.07, 6.45) is 1.51. The third-order valence-corrected chi connectivity index (χ3v) is 3.42. The number of halogens is 3. The smallest absolute Gasteiger partial charge is 0.163 e.